The van der Waals surface area contributed by atoms with E-state index in [0.717, 1.165) is 31.6 Å². The second-order valence-electron chi connectivity index (χ2n) is 8.57. The van der Waals surface area contributed by atoms with Crippen molar-refractivity contribution >= 4 is 5.91 Å². The molecule has 0 bridgehead atoms. The van der Waals surface area contributed by atoms with Crippen molar-refractivity contribution in [2.45, 2.75) is 63.0 Å². The number of nitrogens with one attached hydrogen (secondary N) is 1. The maximum atomic E-state index is 13.1. The van der Waals surface area contributed by atoms with E-state index in [0.29, 0.717) is 19.0 Å². The molecule has 1 atom stereocenters. The Hall–Kier alpha value is -1.59. The lowest BCUT2D eigenvalue weighted by Crippen LogP contribution is -2.47. The van der Waals surface area contributed by atoms with Crippen molar-refractivity contribution in [3.8, 4) is 5.75 Å². The van der Waals surface area contributed by atoms with E-state index in [1.54, 1.807) is 7.11 Å². The van der Waals surface area contributed by atoms with Crippen molar-refractivity contribution in [1.29, 1.82) is 0 Å². The Morgan fingerprint density at radius 1 is 1.30 bits per heavy atom. The van der Waals surface area contributed by atoms with Crippen LogP contribution in [0, 0.1) is 5.92 Å². The smallest absolute Gasteiger partial charge is 0.237 e. The van der Waals surface area contributed by atoms with Crippen LogP contribution < -0.4 is 10.1 Å². The number of ether oxygens (including phenoxy) is 1. The fourth-order valence-corrected chi connectivity index (χ4v) is 4.81. The number of hydrogen-bond donors (Lipinski definition) is 2. The second-order valence-corrected chi connectivity index (χ2v) is 8.57. The summed E-state index contributed by atoms with van der Waals surface area (Å²) >= 11 is 0. The first-order valence-electron chi connectivity index (χ1n) is 10.5. The summed E-state index contributed by atoms with van der Waals surface area (Å²) in [6, 6.07) is 6.51. The number of hydrogen-bond acceptors (Lipinski definition) is 4. The molecule has 1 unspecified atom stereocenters. The van der Waals surface area contributed by atoms with Crippen LogP contribution in [0.15, 0.2) is 18.2 Å². The molecule has 1 aromatic carbocycles. The molecule has 0 radical (unpaired) electrons. The largest absolute Gasteiger partial charge is 0.497 e. The molecule has 148 valence electrons. The number of benzene rings is 1. The summed E-state index contributed by atoms with van der Waals surface area (Å²) in [5, 5.41) is 13.2. The van der Waals surface area contributed by atoms with Crippen LogP contribution in [0.4, 0.5) is 0 Å². The molecule has 1 aliphatic heterocycles. The molecule has 1 amide bonds. The van der Waals surface area contributed by atoms with E-state index in [1.807, 2.05) is 6.07 Å². The topological polar surface area (TPSA) is 61.8 Å². The fourth-order valence-electron chi connectivity index (χ4n) is 4.81. The molecule has 1 aromatic rings. The number of carbonyl (C=O) groups is 1. The van der Waals surface area contributed by atoms with Crippen LogP contribution in [0.5, 0.6) is 5.75 Å². The highest BCUT2D eigenvalue weighted by atomic mass is 16.5. The highest BCUT2D eigenvalue weighted by Crippen LogP contribution is 2.43. The Bertz CT molecular complexity index is 680. The first-order chi connectivity index (χ1) is 13.1. The minimum Gasteiger partial charge on any atom is -0.497 e. The number of carbonyl (C=O) groups excluding carboxylic acids is 1. The van der Waals surface area contributed by atoms with Gasteiger partial charge >= 0.3 is 0 Å². The van der Waals surface area contributed by atoms with Gasteiger partial charge in [0.25, 0.3) is 0 Å². The van der Waals surface area contributed by atoms with Crippen LogP contribution in [0.1, 0.15) is 62.1 Å². The maximum absolute atomic E-state index is 13.1. The first kappa shape index (κ1) is 18.8. The van der Waals surface area contributed by atoms with Crippen LogP contribution in [-0.4, -0.2) is 48.3 Å². The molecule has 2 saturated carbocycles. The van der Waals surface area contributed by atoms with Gasteiger partial charge in [-0.25, -0.2) is 0 Å². The third kappa shape index (κ3) is 4.14. The quantitative estimate of drug-likeness (QED) is 0.806. The molecule has 5 nitrogen and oxygen atoms in total. The lowest BCUT2D eigenvalue weighted by molar-refractivity contribution is -0.134. The molecular formula is C22H32N2O3. The van der Waals surface area contributed by atoms with Gasteiger partial charge < -0.3 is 20.1 Å². The molecule has 0 saturated heterocycles. The average molecular weight is 373 g/mol. The molecular weight excluding hydrogens is 340 g/mol. The van der Waals surface area contributed by atoms with Gasteiger partial charge in [-0.15, -0.1) is 0 Å². The Kier molecular flexibility index (Phi) is 5.42. The predicted octanol–water partition coefficient (Wildman–Crippen LogP) is 2.82. The molecule has 27 heavy (non-hydrogen) atoms. The summed E-state index contributed by atoms with van der Waals surface area (Å²) in [5.41, 5.74) is 2.07. The SMILES string of the molecule is COc1ccc2c(c1)C(C1CCCCC1)N(C(=O)CNCC1(O)CC1)CC2. The Morgan fingerprint density at radius 3 is 2.78 bits per heavy atom. The summed E-state index contributed by atoms with van der Waals surface area (Å²) in [4.78, 5) is 15.2. The van der Waals surface area contributed by atoms with E-state index in [4.69, 9.17) is 4.74 Å². The van der Waals surface area contributed by atoms with Gasteiger partial charge in [0.15, 0.2) is 0 Å². The van der Waals surface area contributed by atoms with Crippen LogP contribution >= 0.6 is 0 Å². The summed E-state index contributed by atoms with van der Waals surface area (Å²) < 4.78 is 5.48. The van der Waals surface area contributed by atoms with Gasteiger partial charge in [0.05, 0.1) is 25.3 Å². The van der Waals surface area contributed by atoms with Crippen LogP contribution in [-0.2, 0) is 11.2 Å². The highest BCUT2D eigenvalue weighted by Gasteiger charge is 2.40. The fraction of sp³-hybridized carbons (Fsp3) is 0.682. The van der Waals surface area contributed by atoms with Crippen molar-refractivity contribution in [1.82, 2.24) is 10.2 Å². The standard InChI is InChI=1S/C22H32N2O3/c1-27-18-8-7-16-9-12-24(20(25)14-23-15-22(26)10-11-22)21(19(16)13-18)17-5-3-2-4-6-17/h7-8,13,17,21,23,26H,2-6,9-12,14-15H2,1H3. The number of rotatable bonds is 6. The van der Waals surface area contributed by atoms with E-state index >= 15 is 0 Å². The maximum Gasteiger partial charge on any atom is 0.237 e. The number of methoxy groups -OCH3 is 1. The first-order valence-corrected chi connectivity index (χ1v) is 10.5. The zero-order valence-electron chi connectivity index (χ0n) is 16.4. The lowest BCUT2D eigenvalue weighted by Gasteiger charge is -2.43. The molecule has 2 N–H and O–H groups in total. The zero-order valence-corrected chi connectivity index (χ0v) is 16.4. The van der Waals surface area contributed by atoms with Crippen molar-refractivity contribution < 1.29 is 14.6 Å². The van der Waals surface area contributed by atoms with Crippen LogP contribution in [0.2, 0.25) is 0 Å². The monoisotopic (exact) mass is 372 g/mol. The average Bonchev–Trinajstić information content (AvgIpc) is 3.44. The minimum atomic E-state index is -0.565. The Labute approximate surface area is 162 Å². The van der Waals surface area contributed by atoms with E-state index in [2.05, 4.69) is 22.3 Å². The third-order valence-electron chi connectivity index (χ3n) is 6.60. The van der Waals surface area contributed by atoms with Crippen molar-refractivity contribution in [2.24, 2.45) is 5.92 Å². The molecule has 0 aromatic heterocycles. The normalized spacial score (nSPS) is 24.4. The van der Waals surface area contributed by atoms with Crippen molar-refractivity contribution in [3.05, 3.63) is 29.3 Å². The molecule has 4 rings (SSSR count). The van der Waals surface area contributed by atoms with Crippen molar-refractivity contribution in [3.63, 3.8) is 0 Å². The van der Waals surface area contributed by atoms with Gasteiger partial charge in [-0.05, 0) is 61.3 Å². The van der Waals surface area contributed by atoms with Gasteiger partial charge in [-0.2, -0.15) is 0 Å². The van der Waals surface area contributed by atoms with Gasteiger partial charge in [0.2, 0.25) is 5.91 Å². The molecule has 5 heteroatoms. The minimum absolute atomic E-state index is 0.155. The van der Waals surface area contributed by atoms with E-state index in [1.165, 1.54) is 43.2 Å². The Morgan fingerprint density at radius 2 is 2.07 bits per heavy atom. The molecule has 2 fully saturated rings. The van der Waals surface area contributed by atoms with Gasteiger partial charge in [0.1, 0.15) is 5.75 Å². The van der Waals surface area contributed by atoms with Gasteiger partial charge in [-0.1, -0.05) is 25.3 Å². The summed E-state index contributed by atoms with van der Waals surface area (Å²) in [6.07, 6.45) is 8.80. The van der Waals surface area contributed by atoms with Gasteiger partial charge in [0, 0.05) is 13.1 Å². The van der Waals surface area contributed by atoms with Crippen LogP contribution in [0.25, 0.3) is 0 Å². The Balaban J connectivity index is 1.54. The number of amides is 1. The van der Waals surface area contributed by atoms with Crippen molar-refractivity contribution in [2.75, 3.05) is 26.7 Å². The predicted molar refractivity (Wildman–Crippen MR) is 105 cm³/mol. The number of fused-ring (bicyclic) bond motifs is 1. The molecule has 2 aliphatic carbocycles. The number of nitrogens with zero attached hydrogens (tertiary/aromatic N) is 1. The van der Waals surface area contributed by atoms with Crippen LogP contribution in [0.3, 0.4) is 0 Å². The molecule has 0 spiro atoms. The third-order valence-corrected chi connectivity index (χ3v) is 6.60. The number of aliphatic hydroxyl groups is 1. The zero-order chi connectivity index (χ0) is 18.9. The van der Waals surface area contributed by atoms with E-state index in [-0.39, 0.29) is 11.9 Å². The second kappa shape index (κ2) is 7.80. The highest BCUT2D eigenvalue weighted by molar-refractivity contribution is 5.79. The lowest BCUT2D eigenvalue weighted by atomic mass is 9.77. The summed E-state index contributed by atoms with van der Waals surface area (Å²) in [6.45, 7) is 1.61. The molecule has 3 aliphatic rings. The summed E-state index contributed by atoms with van der Waals surface area (Å²) in [7, 11) is 1.70. The van der Waals surface area contributed by atoms with E-state index in [9.17, 15) is 9.90 Å². The van der Waals surface area contributed by atoms with Gasteiger partial charge in [-0.3, -0.25) is 4.79 Å². The van der Waals surface area contributed by atoms with E-state index < -0.39 is 5.60 Å². The molecule has 1 heterocycles. The summed E-state index contributed by atoms with van der Waals surface area (Å²) in [5.74, 6) is 1.56.